The van der Waals surface area contributed by atoms with Gasteiger partial charge in [-0.2, -0.15) is 11.3 Å². The van der Waals surface area contributed by atoms with Crippen LogP contribution in [0.5, 0.6) is 0 Å². The van der Waals surface area contributed by atoms with E-state index in [0.29, 0.717) is 17.1 Å². The molecule has 20 heavy (non-hydrogen) atoms. The van der Waals surface area contributed by atoms with Crippen molar-refractivity contribution in [3.05, 3.63) is 34.8 Å². The summed E-state index contributed by atoms with van der Waals surface area (Å²) in [6.45, 7) is 6.28. The maximum atomic E-state index is 12.3. The van der Waals surface area contributed by atoms with Crippen LogP contribution in [-0.2, 0) is 23.1 Å². The molecule has 0 unspecified atom stereocenters. The number of sulfonamides is 1. The second-order valence-corrected chi connectivity index (χ2v) is 6.81. The Hall–Kier alpha value is -1.31. The van der Waals surface area contributed by atoms with Crippen molar-refractivity contribution < 1.29 is 8.42 Å². The van der Waals surface area contributed by atoms with Gasteiger partial charge in [-0.25, -0.2) is 8.42 Å². The summed E-state index contributed by atoms with van der Waals surface area (Å²) in [6, 6.07) is 3.47. The first kappa shape index (κ1) is 15.1. The predicted molar refractivity (Wildman–Crippen MR) is 82.6 cm³/mol. The Morgan fingerprint density at radius 1 is 1.35 bits per heavy atom. The molecule has 2 rings (SSSR count). The van der Waals surface area contributed by atoms with Crippen molar-refractivity contribution in [2.75, 3.05) is 11.3 Å². The van der Waals surface area contributed by atoms with Crippen molar-refractivity contribution in [2.24, 2.45) is 0 Å². The summed E-state index contributed by atoms with van der Waals surface area (Å²) in [6.07, 6.45) is 1.68. The van der Waals surface area contributed by atoms with Crippen molar-refractivity contribution in [1.82, 2.24) is 9.88 Å². The highest BCUT2D eigenvalue weighted by Gasteiger charge is 2.18. The molecule has 0 saturated carbocycles. The first-order chi connectivity index (χ1) is 9.56. The number of anilines is 1. The van der Waals surface area contributed by atoms with E-state index in [0.717, 1.165) is 18.8 Å². The topological polar surface area (TPSA) is 63.1 Å². The molecular formula is C13H19N3O2S2. The van der Waals surface area contributed by atoms with Crippen molar-refractivity contribution in [3.63, 3.8) is 0 Å². The van der Waals surface area contributed by atoms with Gasteiger partial charge < -0.3 is 9.88 Å². The Balaban J connectivity index is 2.25. The lowest BCUT2D eigenvalue weighted by Gasteiger charge is -2.05. The minimum Gasteiger partial charge on any atom is -0.349 e. The van der Waals surface area contributed by atoms with Crippen LogP contribution in [-0.4, -0.2) is 19.5 Å². The van der Waals surface area contributed by atoms with Gasteiger partial charge >= 0.3 is 0 Å². The van der Waals surface area contributed by atoms with Crippen LogP contribution in [0.1, 0.15) is 19.5 Å². The molecule has 110 valence electrons. The molecule has 0 bridgehead atoms. The van der Waals surface area contributed by atoms with E-state index in [2.05, 4.69) is 10.0 Å². The molecule has 0 aliphatic rings. The molecule has 0 aromatic carbocycles. The predicted octanol–water partition coefficient (Wildman–Crippen LogP) is 2.48. The number of aromatic nitrogens is 1. The smallest absolute Gasteiger partial charge is 0.263 e. The van der Waals surface area contributed by atoms with Crippen LogP contribution in [0.25, 0.3) is 0 Å². The van der Waals surface area contributed by atoms with Crippen LogP contribution >= 0.6 is 11.3 Å². The molecule has 0 atom stereocenters. The van der Waals surface area contributed by atoms with Gasteiger partial charge in [0.2, 0.25) is 0 Å². The summed E-state index contributed by atoms with van der Waals surface area (Å²) in [5, 5.41) is 6.83. The monoisotopic (exact) mass is 313 g/mol. The molecule has 2 aromatic rings. The standard InChI is InChI=1S/C13H19N3O2S2/c1-3-14-8-12-7-13(9-16(12)4-2)20(17,18)15-11-5-6-19-10-11/h5-7,9-10,14-15H,3-4,8H2,1-2H3. The molecule has 2 heterocycles. The van der Waals surface area contributed by atoms with Crippen molar-refractivity contribution in [1.29, 1.82) is 0 Å². The molecular weight excluding hydrogens is 294 g/mol. The molecule has 5 nitrogen and oxygen atoms in total. The van der Waals surface area contributed by atoms with Gasteiger partial charge in [-0.15, -0.1) is 0 Å². The highest BCUT2D eigenvalue weighted by molar-refractivity contribution is 7.92. The number of aryl methyl sites for hydroxylation is 1. The number of nitrogens with zero attached hydrogens (tertiary/aromatic N) is 1. The lowest BCUT2D eigenvalue weighted by Crippen LogP contribution is -2.14. The normalized spacial score (nSPS) is 11.7. The van der Waals surface area contributed by atoms with Gasteiger partial charge in [0.05, 0.1) is 5.69 Å². The van der Waals surface area contributed by atoms with E-state index in [-0.39, 0.29) is 0 Å². The Morgan fingerprint density at radius 2 is 2.15 bits per heavy atom. The van der Waals surface area contributed by atoms with E-state index in [4.69, 9.17) is 0 Å². The van der Waals surface area contributed by atoms with Crippen LogP contribution in [0.15, 0.2) is 34.0 Å². The number of thiophene rings is 1. The Kier molecular flexibility index (Phi) is 4.85. The molecule has 0 aliphatic heterocycles. The minimum atomic E-state index is -3.51. The molecule has 7 heteroatoms. The lowest BCUT2D eigenvalue weighted by molar-refractivity contribution is 0.600. The first-order valence-corrected chi connectivity index (χ1v) is 8.94. The largest absolute Gasteiger partial charge is 0.349 e. The zero-order chi connectivity index (χ0) is 14.6. The van der Waals surface area contributed by atoms with Gasteiger partial charge in [0.1, 0.15) is 4.90 Å². The van der Waals surface area contributed by atoms with Crippen molar-refractivity contribution in [2.45, 2.75) is 31.8 Å². The second-order valence-electron chi connectivity index (χ2n) is 4.35. The Morgan fingerprint density at radius 3 is 2.75 bits per heavy atom. The second kappa shape index (κ2) is 6.43. The fraction of sp³-hybridized carbons (Fsp3) is 0.385. The molecule has 0 radical (unpaired) electrons. The van der Waals surface area contributed by atoms with Gasteiger partial charge in [0, 0.05) is 30.4 Å². The van der Waals surface area contributed by atoms with E-state index in [1.54, 1.807) is 23.7 Å². The number of hydrogen-bond donors (Lipinski definition) is 2. The SMILES string of the molecule is CCNCc1cc(S(=O)(=O)Nc2ccsc2)cn1CC. The van der Waals surface area contributed by atoms with Crippen LogP contribution in [0.3, 0.4) is 0 Å². The van der Waals surface area contributed by atoms with Gasteiger partial charge in [-0.3, -0.25) is 4.72 Å². The summed E-state index contributed by atoms with van der Waals surface area (Å²) in [5.74, 6) is 0. The van der Waals surface area contributed by atoms with E-state index >= 15 is 0 Å². The first-order valence-electron chi connectivity index (χ1n) is 6.51. The zero-order valence-corrected chi connectivity index (χ0v) is 13.2. The van der Waals surface area contributed by atoms with Crippen molar-refractivity contribution in [3.8, 4) is 0 Å². The van der Waals surface area contributed by atoms with Crippen LogP contribution < -0.4 is 10.0 Å². The summed E-state index contributed by atoms with van der Waals surface area (Å²) < 4.78 is 29.2. The number of nitrogens with one attached hydrogen (secondary N) is 2. The molecule has 0 spiro atoms. The third-order valence-corrected chi connectivity index (χ3v) is 4.97. The van der Waals surface area contributed by atoms with Crippen LogP contribution in [0.4, 0.5) is 5.69 Å². The Bertz CT molecular complexity index is 645. The van der Waals surface area contributed by atoms with Crippen molar-refractivity contribution >= 4 is 27.0 Å². The highest BCUT2D eigenvalue weighted by Crippen LogP contribution is 2.20. The summed E-state index contributed by atoms with van der Waals surface area (Å²) in [5.41, 5.74) is 1.58. The molecule has 0 saturated heterocycles. The quantitative estimate of drug-likeness (QED) is 0.825. The fourth-order valence-electron chi connectivity index (χ4n) is 1.90. The minimum absolute atomic E-state index is 0.304. The molecule has 2 N–H and O–H groups in total. The van der Waals surface area contributed by atoms with Crippen LogP contribution in [0, 0.1) is 0 Å². The fourth-order valence-corrected chi connectivity index (χ4v) is 3.68. The zero-order valence-electron chi connectivity index (χ0n) is 11.6. The lowest BCUT2D eigenvalue weighted by atomic mass is 10.4. The van der Waals surface area contributed by atoms with E-state index in [1.807, 2.05) is 23.8 Å². The third-order valence-electron chi connectivity index (χ3n) is 2.94. The summed E-state index contributed by atoms with van der Waals surface area (Å²) in [4.78, 5) is 0.304. The average molecular weight is 313 g/mol. The highest BCUT2D eigenvalue weighted by atomic mass is 32.2. The molecule has 2 aromatic heterocycles. The van der Waals surface area contributed by atoms with Crippen LogP contribution in [0.2, 0.25) is 0 Å². The summed E-state index contributed by atoms with van der Waals surface area (Å²) in [7, 11) is -3.51. The van der Waals surface area contributed by atoms with E-state index in [9.17, 15) is 8.42 Å². The van der Waals surface area contributed by atoms with Gasteiger partial charge in [-0.1, -0.05) is 6.92 Å². The molecule has 0 aliphatic carbocycles. The Labute approximate surface area is 123 Å². The third kappa shape index (κ3) is 3.41. The molecule has 0 amide bonds. The maximum Gasteiger partial charge on any atom is 0.263 e. The maximum absolute atomic E-state index is 12.3. The molecule has 0 fully saturated rings. The summed E-state index contributed by atoms with van der Waals surface area (Å²) >= 11 is 1.46. The van der Waals surface area contributed by atoms with Gasteiger partial charge in [-0.05, 0) is 31.0 Å². The van der Waals surface area contributed by atoms with Gasteiger partial charge in [0.25, 0.3) is 10.0 Å². The van der Waals surface area contributed by atoms with E-state index in [1.165, 1.54) is 11.3 Å². The van der Waals surface area contributed by atoms with Gasteiger partial charge in [0.15, 0.2) is 0 Å². The van der Waals surface area contributed by atoms with E-state index < -0.39 is 10.0 Å². The number of rotatable bonds is 7. The average Bonchev–Trinajstić information content (AvgIpc) is 3.04. The number of hydrogen-bond acceptors (Lipinski definition) is 4.